The fourth-order valence-electron chi connectivity index (χ4n) is 2.83. The number of likely N-dealkylation sites (tertiary alicyclic amines) is 1. The van der Waals surface area contributed by atoms with Crippen molar-refractivity contribution in [3.05, 3.63) is 41.4 Å². The van der Waals surface area contributed by atoms with Gasteiger partial charge in [-0.05, 0) is 30.5 Å². The van der Waals surface area contributed by atoms with E-state index in [0.29, 0.717) is 18.1 Å². The van der Waals surface area contributed by atoms with Crippen LogP contribution < -0.4 is 10.1 Å². The van der Waals surface area contributed by atoms with E-state index in [1.165, 1.54) is 11.3 Å². The first-order valence-electron chi connectivity index (χ1n) is 7.80. The first kappa shape index (κ1) is 16.4. The Morgan fingerprint density at radius 3 is 2.83 bits per heavy atom. The third-order valence-corrected chi connectivity index (χ3v) is 4.74. The molecular weight excluding hydrogens is 326 g/mol. The van der Waals surface area contributed by atoms with Gasteiger partial charge in [-0.25, -0.2) is 4.98 Å². The highest BCUT2D eigenvalue weighted by molar-refractivity contribution is 7.13. The van der Waals surface area contributed by atoms with Gasteiger partial charge in [0.25, 0.3) is 0 Å². The van der Waals surface area contributed by atoms with Crippen LogP contribution in [0.25, 0.3) is 0 Å². The molecule has 2 aromatic rings. The van der Waals surface area contributed by atoms with Crippen LogP contribution in [0.4, 0.5) is 5.13 Å². The predicted molar refractivity (Wildman–Crippen MR) is 92.2 cm³/mol. The van der Waals surface area contributed by atoms with Gasteiger partial charge in [-0.1, -0.05) is 12.1 Å². The van der Waals surface area contributed by atoms with Crippen LogP contribution in [-0.2, 0) is 16.0 Å². The van der Waals surface area contributed by atoms with E-state index in [2.05, 4.69) is 10.3 Å². The second-order valence-electron chi connectivity index (χ2n) is 5.60. The highest BCUT2D eigenvalue weighted by atomic mass is 32.1. The van der Waals surface area contributed by atoms with Crippen LogP contribution >= 0.6 is 11.3 Å². The number of hydrogen-bond acceptors (Lipinski definition) is 5. The summed E-state index contributed by atoms with van der Waals surface area (Å²) in [6, 6.07) is 6.99. The second kappa shape index (κ2) is 7.44. The summed E-state index contributed by atoms with van der Waals surface area (Å²) >= 11 is 1.37. The summed E-state index contributed by atoms with van der Waals surface area (Å²) in [5.74, 6) is 0.565. The number of benzene rings is 1. The lowest BCUT2D eigenvalue weighted by atomic mass is 10.1. The Morgan fingerprint density at radius 1 is 1.38 bits per heavy atom. The number of methoxy groups -OCH3 is 1. The van der Waals surface area contributed by atoms with Gasteiger partial charge in [-0.15, -0.1) is 11.3 Å². The molecule has 24 heavy (non-hydrogen) atoms. The van der Waals surface area contributed by atoms with Crippen molar-refractivity contribution in [1.29, 1.82) is 0 Å². The zero-order chi connectivity index (χ0) is 16.9. The molecule has 1 aliphatic heterocycles. The summed E-state index contributed by atoms with van der Waals surface area (Å²) in [5.41, 5.74) is 0.909. The van der Waals surface area contributed by atoms with Gasteiger partial charge >= 0.3 is 0 Å². The zero-order valence-electron chi connectivity index (χ0n) is 13.4. The molecule has 2 amide bonds. The van der Waals surface area contributed by atoms with Gasteiger partial charge < -0.3 is 15.0 Å². The van der Waals surface area contributed by atoms with Gasteiger partial charge in [0.1, 0.15) is 11.8 Å². The van der Waals surface area contributed by atoms with Gasteiger partial charge in [0.2, 0.25) is 11.8 Å². The minimum Gasteiger partial charge on any atom is -0.497 e. The lowest BCUT2D eigenvalue weighted by molar-refractivity contribution is -0.136. The highest BCUT2D eigenvalue weighted by Crippen LogP contribution is 2.21. The SMILES string of the molecule is COc1ccc(CC(=O)N2CCC[C@H]2C(=O)Nc2nccs2)cc1. The topological polar surface area (TPSA) is 71.5 Å². The van der Waals surface area contributed by atoms with Gasteiger partial charge in [0.05, 0.1) is 13.5 Å². The zero-order valence-corrected chi connectivity index (χ0v) is 14.2. The second-order valence-corrected chi connectivity index (χ2v) is 6.49. The molecule has 7 heteroatoms. The van der Waals surface area contributed by atoms with Crippen molar-refractivity contribution < 1.29 is 14.3 Å². The van der Waals surface area contributed by atoms with E-state index in [1.807, 2.05) is 24.3 Å². The summed E-state index contributed by atoms with van der Waals surface area (Å²) in [6.07, 6.45) is 3.45. The third kappa shape index (κ3) is 3.73. The number of rotatable bonds is 5. The van der Waals surface area contributed by atoms with Crippen molar-refractivity contribution >= 4 is 28.3 Å². The summed E-state index contributed by atoms with van der Waals surface area (Å²) in [6.45, 7) is 0.616. The van der Waals surface area contributed by atoms with Crippen molar-refractivity contribution in [2.75, 3.05) is 19.0 Å². The van der Waals surface area contributed by atoms with Crippen LogP contribution in [0, 0.1) is 0 Å². The number of carbonyl (C=O) groups excluding carboxylic acids is 2. The smallest absolute Gasteiger partial charge is 0.248 e. The van der Waals surface area contributed by atoms with Crippen LogP contribution in [0.1, 0.15) is 18.4 Å². The first-order chi connectivity index (χ1) is 11.7. The van der Waals surface area contributed by atoms with Crippen molar-refractivity contribution in [3.63, 3.8) is 0 Å². The quantitative estimate of drug-likeness (QED) is 0.903. The van der Waals surface area contributed by atoms with Crippen LogP contribution in [-0.4, -0.2) is 41.4 Å². The number of hydrogen-bond donors (Lipinski definition) is 1. The van der Waals surface area contributed by atoms with E-state index in [0.717, 1.165) is 17.7 Å². The number of aromatic nitrogens is 1. The molecule has 6 nitrogen and oxygen atoms in total. The molecule has 1 fully saturated rings. The minimum absolute atomic E-state index is 0.0306. The highest BCUT2D eigenvalue weighted by Gasteiger charge is 2.34. The molecule has 3 rings (SSSR count). The monoisotopic (exact) mass is 345 g/mol. The van der Waals surface area contributed by atoms with Gasteiger partial charge in [0.15, 0.2) is 5.13 Å². The Morgan fingerprint density at radius 2 is 2.17 bits per heavy atom. The third-order valence-electron chi connectivity index (χ3n) is 4.05. The Labute approximate surface area is 144 Å². The molecule has 1 N–H and O–H groups in total. The van der Waals surface area contributed by atoms with Crippen LogP contribution in [0.3, 0.4) is 0 Å². The largest absolute Gasteiger partial charge is 0.497 e. The number of carbonyl (C=O) groups is 2. The lowest BCUT2D eigenvalue weighted by Crippen LogP contribution is -2.43. The van der Waals surface area contributed by atoms with E-state index in [-0.39, 0.29) is 18.2 Å². The van der Waals surface area contributed by atoms with Crippen LogP contribution in [0.2, 0.25) is 0 Å². The van der Waals surface area contributed by atoms with Crippen LogP contribution in [0.15, 0.2) is 35.8 Å². The van der Waals surface area contributed by atoms with Gasteiger partial charge in [-0.3, -0.25) is 9.59 Å². The molecule has 0 unspecified atom stereocenters. The summed E-state index contributed by atoms with van der Waals surface area (Å²) < 4.78 is 5.12. The molecule has 1 aliphatic rings. The minimum atomic E-state index is -0.417. The van der Waals surface area contributed by atoms with E-state index in [1.54, 1.807) is 23.6 Å². The van der Waals surface area contributed by atoms with Crippen molar-refractivity contribution in [2.45, 2.75) is 25.3 Å². The van der Waals surface area contributed by atoms with Gasteiger partial charge in [0, 0.05) is 18.1 Å². The Hall–Kier alpha value is -2.41. The van der Waals surface area contributed by atoms with Crippen molar-refractivity contribution in [1.82, 2.24) is 9.88 Å². The maximum Gasteiger partial charge on any atom is 0.248 e. The Kier molecular flexibility index (Phi) is 5.10. The molecule has 2 heterocycles. The molecule has 1 atom stereocenters. The Bertz CT molecular complexity index is 700. The molecule has 0 spiro atoms. The average Bonchev–Trinajstić information content (AvgIpc) is 3.27. The average molecular weight is 345 g/mol. The van der Waals surface area contributed by atoms with E-state index in [9.17, 15) is 9.59 Å². The predicted octanol–water partition coefficient (Wildman–Crippen LogP) is 2.32. The molecule has 0 aliphatic carbocycles. The van der Waals surface area contributed by atoms with E-state index >= 15 is 0 Å². The maximum absolute atomic E-state index is 12.6. The number of amides is 2. The standard InChI is InChI=1S/C17H19N3O3S/c1-23-13-6-4-12(5-7-13)11-15(21)20-9-2-3-14(20)16(22)19-17-18-8-10-24-17/h4-8,10,14H,2-3,9,11H2,1H3,(H,18,19,22)/t14-/m0/s1. The summed E-state index contributed by atoms with van der Waals surface area (Å²) in [7, 11) is 1.61. The van der Waals surface area contributed by atoms with E-state index in [4.69, 9.17) is 4.74 Å². The molecule has 0 radical (unpaired) electrons. The van der Waals surface area contributed by atoms with E-state index < -0.39 is 6.04 Å². The summed E-state index contributed by atoms with van der Waals surface area (Å²) in [4.78, 5) is 30.7. The first-order valence-corrected chi connectivity index (χ1v) is 8.68. The van der Waals surface area contributed by atoms with Crippen LogP contribution in [0.5, 0.6) is 5.75 Å². The molecule has 0 bridgehead atoms. The maximum atomic E-state index is 12.6. The normalized spacial score (nSPS) is 16.9. The van der Waals surface area contributed by atoms with Crippen molar-refractivity contribution in [2.24, 2.45) is 0 Å². The molecule has 1 aromatic carbocycles. The lowest BCUT2D eigenvalue weighted by Gasteiger charge is -2.23. The molecule has 1 aromatic heterocycles. The summed E-state index contributed by atoms with van der Waals surface area (Å²) in [5, 5.41) is 5.15. The molecular formula is C17H19N3O3S. The Balaban J connectivity index is 1.63. The molecule has 0 saturated carbocycles. The number of nitrogens with one attached hydrogen (secondary N) is 1. The fourth-order valence-corrected chi connectivity index (χ4v) is 3.36. The number of nitrogens with zero attached hydrogens (tertiary/aromatic N) is 2. The number of thiazole rings is 1. The molecule has 1 saturated heterocycles. The van der Waals surface area contributed by atoms with Crippen molar-refractivity contribution in [3.8, 4) is 5.75 Å². The van der Waals surface area contributed by atoms with Gasteiger partial charge in [-0.2, -0.15) is 0 Å². The molecule has 126 valence electrons. The number of anilines is 1. The number of ether oxygens (including phenoxy) is 1. The fraction of sp³-hybridized carbons (Fsp3) is 0.353.